The third-order valence-electron chi connectivity index (χ3n) is 6.30. The van der Waals surface area contributed by atoms with Crippen LogP contribution in [0.3, 0.4) is 0 Å². The Bertz CT molecular complexity index is 1590. The zero-order valence-corrected chi connectivity index (χ0v) is 25.2. The molecular formula is C33H36ClN3O3S. The molecule has 214 valence electrons. The molecular weight excluding hydrogens is 554 g/mol. The summed E-state index contributed by atoms with van der Waals surface area (Å²) < 4.78 is 5.85. The Morgan fingerprint density at radius 2 is 1.66 bits per heavy atom. The predicted molar refractivity (Wildman–Crippen MR) is 173 cm³/mol. The molecule has 1 heterocycles. The molecule has 0 aliphatic rings. The molecule has 0 bridgehead atoms. The summed E-state index contributed by atoms with van der Waals surface area (Å²) in [6.45, 7) is 4.81. The van der Waals surface area contributed by atoms with Gasteiger partial charge in [-0.3, -0.25) is 9.59 Å². The average molecular weight is 590 g/mol. The molecule has 6 nitrogen and oxygen atoms in total. The molecule has 1 aromatic heterocycles. The van der Waals surface area contributed by atoms with Crippen LogP contribution in [0.15, 0.2) is 83.8 Å². The number of nitrogens with one attached hydrogen (secondary N) is 2. The highest BCUT2D eigenvalue weighted by Gasteiger charge is 2.10. The SMILES string of the molecule is CNCC(N)=O.Cc1cc(OCCCc2c(C=O)[nH]c3ccccc23)cc(C)c1Cl.Sc1ccc2ccccc2c1. The molecule has 0 radical (unpaired) electrons. The van der Waals surface area contributed by atoms with Crippen LogP contribution in [0, 0.1) is 13.8 Å². The van der Waals surface area contributed by atoms with Gasteiger partial charge in [0.15, 0.2) is 6.29 Å². The van der Waals surface area contributed by atoms with Crippen LogP contribution in [-0.2, 0) is 11.2 Å². The number of nitrogens with two attached hydrogens (primary N) is 1. The number of likely N-dealkylation sites (N-methyl/N-ethyl adjacent to an activating group) is 1. The second-order valence-electron chi connectivity index (χ2n) is 9.53. The third-order valence-corrected chi connectivity index (χ3v) is 7.17. The number of carbonyl (C=O) groups excluding carboxylic acids is 2. The fourth-order valence-electron chi connectivity index (χ4n) is 4.37. The van der Waals surface area contributed by atoms with Crippen molar-refractivity contribution in [3.8, 4) is 5.75 Å². The van der Waals surface area contributed by atoms with Crippen molar-refractivity contribution in [1.82, 2.24) is 10.3 Å². The van der Waals surface area contributed by atoms with Crippen LogP contribution < -0.4 is 15.8 Å². The highest BCUT2D eigenvalue weighted by atomic mass is 35.5. The van der Waals surface area contributed by atoms with E-state index < -0.39 is 0 Å². The Balaban J connectivity index is 0.000000223. The van der Waals surface area contributed by atoms with Gasteiger partial charge in [-0.15, -0.1) is 12.6 Å². The lowest BCUT2D eigenvalue weighted by molar-refractivity contribution is -0.117. The van der Waals surface area contributed by atoms with Gasteiger partial charge in [-0.25, -0.2) is 0 Å². The minimum absolute atomic E-state index is 0.264. The van der Waals surface area contributed by atoms with E-state index >= 15 is 0 Å². The number of fused-ring (bicyclic) bond motifs is 2. The van der Waals surface area contributed by atoms with Crippen LogP contribution >= 0.6 is 24.2 Å². The molecule has 0 saturated carbocycles. The molecule has 5 aromatic rings. The van der Waals surface area contributed by atoms with Gasteiger partial charge in [0.1, 0.15) is 5.75 Å². The molecule has 0 saturated heterocycles. The molecule has 0 aliphatic heterocycles. The third kappa shape index (κ3) is 9.39. The van der Waals surface area contributed by atoms with Gasteiger partial charge < -0.3 is 20.8 Å². The minimum atomic E-state index is -0.322. The second kappa shape index (κ2) is 15.9. The summed E-state index contributed by atoms with van der Waals surface area (Å²) in [5, 5.41) is 7.01. The Labute approximate surface area is 251 Å². The monoisotopic (exact) mass is 589 g/mol. The number of ether oxygens (including phenoxy) is 1. The maximum atomic E-state index is 11.3. The van der Waals surface area contributed by atoms with Crippen LogP contribution in [0.25, 0.3) is 21.7 Å². The van der Waals surface area contributed by atoms with Crippen LogP contribution in [0.4, 0.5) is 0 Å². The molecule has 0 fully saturated rings. The molecule has 0 aliphatic carbocycles. The second-order valence-corrected chi connectivity index (χ2v) is 10.4. The molecule has 0 unspecified atom stereocenters. The predicted octanol–water partition coefficient (Wildman–Crippen LogP) is 7.08. The summed E-state index contributed by atoms with van der Waals surface area (Å²) in [6, 6.07) is 26.3. The van der Waals surface area contributed by atoms with Crippen molar-refractivity contribution in [2.45, 2.75) is 31.6 Å². The summed E-state index contributed by atoms with van der Waals surface area (Å²) in [4.78, 5) is 25.2. The number of rotatable bonds is 8. The van der Waals surface area contributed by atoms with Gasteiger partial charge in [0, 0.05) is 20.8 Å². The zero-order valence-electron chi connectivity index (χ0n) is 23.5. The van der Waals surface area contributed by atoms with Gasteiger partial charge in [0.05, 0.1) is 18.8 Å². The number of aldehydes is 1. The molecule has 0 atom stereocenters. The zero-order chi connectivity index (χ0) is 29.8. The van der Waals surface area contributed by atoms with E-state index in [-0.39, 0.29) is 12.5 Å². The first-order valence-corrected chi connectivity index (χ1v) is 14.1. The molecule has 4 N–H and O–H groups in total. The smallest absolute Gasteiger partial charge is 0.231 e. The molecule has 4 aromatic carbocycles. The first kappa shape index (κ1) is 31.7. The van der Waals surface area contributed by atoms with Gasteiger partial charge >= 0.3 is 0 Å². The van der Waals surface area contributed by atoms with E-state index in [0.717, 1.165) is 62.4 Å². The number of aromatic amines is 1. The van der Waals surface area contributed by atoms with Crippen molar-refractivity contribution in [3.63, 3.8) is 0 Å². The number of para-hydroxylation sites is 1. The standard InChI is InChI=1S/C20H20ClNO2.C10H8S.C3H8N2O/c1-13-10-15(11-14(2)20(13)21)24-9-5-7-17-16-6-3-4-8-18(16)22-19(17)12-23;11-10-6-5-8-3-1-2-4-9(8)7-10;1-5-2-3(4)6/h3-4,6,8,10-12,22H,5,7,9H2,1-2H3;1-7,11H;5H,2H2,1H3,(H2,4,6). The quantitative estimate of drug-likeness (QED) is 0.0883. The lowest BCUT2D eigenvalue weighted by atomic mass is 10.1. The number of thiol groups is 1. The Kier molecular flexibility index (Phi) is 12.3. The number of aryl methyl sites for hydroxylation is 3. The number of primary amides is 1. The highest BCUT2D eigenvalue weighted by Crippen LogP contribution is 2.27. The minimum Gasteiger partial charge on any atom is -0.494 e. The van der Waals surface area contributed by atoms with Crippen molar-refractivity contribution >= 4 is 58.1 Å². The number of aromatic nitrogens is 1. The average Bonchev–Trinajstić information content (AvgIpc) is 3.32. The number of halogens is 1. The first-order valence-electron chi connectivity index (χ1n) is 13.3. The van der Waals surface area contributed by atoms with Crippen molar-refractivity contribution in [2.24, 2.45) is 5.73 Å². The Morgan fingerprint density at radius 1 is 1.00 bits per heavy atom. The van der Waals surface area contributed by atoms with Crippen molar-refractivity contribution in [3.05, 3.63) is 106 Å². The van der Waals surface area contributed by atoms with E-state index in [4.69, 9.17) is 22.1 Å². The summed E-state index contributed by atoms with van der Waals surface area (Å²) >= 11 is 10.4. The topological polar surface area (TPSA) is 97.2 Å². The van der Waals surface area contributed by atoms with E-state index in [0.29, 0.717) is 12.3 Å². The van der Waals surface area contributed by atoms with E-state index in [2.05, 4.69) is 47.2 Å². The molecule has 5 rings (SSSR count). The Hall–Kier alpha value is -3.78. The summed E-state index contributed by atoms with van der Waals surface area (Å²) in [5.74, 6) is 0.515. The van der Waals surface area contributed by atoms with E-state index in [1.54, 1.807) is 7.05 Å². The first-order chi connectivity index (χ1) is 19.7. The lowest BCUT2D eigenvalue weighted by Gasteiger charge is -2.10. The normalized spacial score (nSPS) is 10.4. The van der Waals surface area contributed by atoms with Gasteiger partial charge in [-0.05, 0) is 91.5 Å². The summed E-state index contributed by atoms with van der Waals surface area (Å²) in [6.07, 6.45) is 2.52. The Morgan fingerprint density at radius 3 is 2.29 bits per heavy atom. The van der Waals surface area contributed by atoms with E-state index in [1.165, 1.54) is 10.8 Å². The fourth-order valence-corrected chi connectivity index (χ4v) is 4.69. The number of hydrogen-bond donors (Lipinski definition) is 4. The number of carbonyl (C=O) groups is 2. The summed E-state index contributed by atoms with van der Waals surface area (Å²) in [5.41, 5.74) is 9.47. The molecule has 41 heavy (non-hydrogen) atoms. The largest absolute Gasteiger partial charge is 0.494 e. The number of hydrogen-bond acceptors (Lipinski definition) is 5. The molecule has 8 heteroatoms. The van der Waals surface area contributed by atoms with Crippen molar-refractivity contribution < 1.29 is 14.3 Å². The van der Waals surface area contributed by atoms with Crippen LogP contribution in [0.5, 0.6) is 5.75 Å². The summed E-state index contributed by atoms with van der Waals surface area (Å²) in [7, 11) is 1.67. The van der Waals surface area contributed by atoms with Crippen molar-refractivity contribution in [1.29, 1.82) is 0 Å². The maximum absolute atomic E-state index is 11.3. The number of amides is 1. The van der Waals surface area contributed by atoms with Gasteiger partial charge in [-0.1, -0.05) is 60.1 Å². The van der Waals surface area contributed by atoms with Crippen LogP contribution in [-0.4, -0.2) is 37.4 Å². The van der Waals surface area contributed by atoms with Crippen LogP contribution in [0.1, 0.15) is 33.6 Å². The van der Waals surface area contributed by atoms with Crippen molar-refractivity contribution in [2.75, 3.05) is 20.2 Å². The number of H-pyrrole nitrogens is 1. The van der Waals surface area contributed by atoms with Gasteiger partial charge in [-0.2, -0.15) is 0 Å². The van der Waals surface area contributed by atoms with Gasteiger partial charge in [0.25, 0.3) is 0 Å². The maximum Gasteiger partial charge on any atom is 0.231 e. The van der Waals surface area contributed by atoms with Crippen LogP contribution in [0.2, 0.25) is 5.02 Å². The van der Waals surface area contributed by atoms with E-state index in [1.807, 2.05) is 68.4 Å². The van der Waals surface area contributed by atoms with E-state index in [9.17, 15) is 9.59 Å². The molecule has 0 spiro atoms. The molecule has 1 amide bonds. The highest BCUT2D eigenvalue weighted by molar-refractivity contribution is 7.80. The number of benzene rings is 4. The lowest BCUT2D eigenvalue weighted by Crippen LogP contribution is -2.25. The fraction of sp³-hybridized carbons (Fsp3) is 0.212. The van der Waals surface area contributed by atoms with Gasteiger partial charge in [0.2, 0.25) is 5.91 Å².